The van der Waals surface area contributed by atoms with Gasteiger partial charge in [-0.15, -0.1) is 20.4 Å². The van der Waals surface area contributed by atoms with Crippen molar-refractivity contribution in [2.45, 2.75) is 9.79 Å². The second-order valence-electron chi connectivity index (χ2n) is 10.4. The van der Waals surface area contributed by atoms with Crippen LogP contribution >= 0.6 is 0 Å². The minimum absolute atomic E-state index is 0.0224. The highest BCUT2D eigenvalue weighted by Crippen LogP contribution is 2.43. The summed E-state index contributed by atoms with van der Waals surface area (Å²) in [7, 11) is -10.8. The van der Waals surface area contributed by atoms with Gasteiger partial charge in [0.15, 0.2) is 11.6 Å². The zero-order valence-electron chi connectivity index (χ0n) is 25.6. The number of aromatic nitrogens is 6. The van der Waals surface area contributed by atoms with Crippen LogP contribution in [-0.2, 0) is 20.2 Å². The summed E-state index contributed by atoms with van der Waals surface area (Å²) in [5.74, 6) is -0.108. The molecule has 0 unspecified atom stereocenters. The van der Waals surface area contributed by atoms with Crippen LogP contribution in [0.5, 0.6) is 0 Å². The van der Waals surface area contributed by atoms with Crippen molar-refractivity contribution in [1.29, 1.82) is 0 Å². The Morgan fingerprint density at radius 2 is 1.02 bits per heavy atom. The predicted molar refractivity (Wildman–Crippen MR) is 187 cm³/mol. The zero-order chi connectivity index (χ0) is 35.1. The van der Waals surface area contributed by atoms with E-state index in [4.69, 9.17) is 0 Å². The Morgan fingerprint density at radius 1 is 0.540 bits per heavy atom. The molecule has 2 heterocycles. The second kappa shape index (κ2) is 14.4. The highest BCUT2D eigenvalue weighted by molar-refractivity contribution is 7.89. The summed E-state index contributed by atoms with van der Waals surface area (Å²) < 4.78 is 73.5. The van der Waals surface area contributed by atoms with E-state index in [1.165, 1.54) is 30.6 Å². The largest absolute Gasteiger partial charge is 0.351 e. The monoisotopic (exact) mass is 710 g/mol. The first kappa shape index (κ1) is 33.6. The van der Waals surface area contributed by atoms with E-state index < -0.39 is 35.7 Å². The molecule has 0 atom stereocenters. The third-order valence-corrected chi connectivity index (χ3v) is 8.92. The Balaban J connectivity index is 1.58. The van der Waals surface area contributed by atoms with Crippen LogP contribution in [0.25, 0.3) is 12.2 Å². The van der Waals surface area contributed by atoms with Crippen LogP contribution in [0.2, 0.25) is 0 Å². The Morgan fingerprint density at radius 3 is 1.52 bits per heavy atom. The van der Waals surface area contributed by atoms with E-state index in [-0.39, 0.29) is 28.6 Å². The van der Waals surface area contributed by atoms with E-state index in [0.717, 1.165) is 0 Å². The Bertz CT molecular complexity index is 2390. The molecule has 0 saturated heterocycles. The molecular weight excluding hydrogens is 685 g/mol. The molecule has 0 bridgehead atoms. The van der Waals surface area contributed by atoms with Gasteiger partial charge in [-0.25, -0.2) is 0 Å². The molecule has 0 aliphatic carbocycles. The summed E-state index contributed by atoms with van der Waals surface area (Å²) in [6, 6.07) is 27.8. The molecule has 18 heteroatoms. The number of benzene rings is 4. The standard InChI is InChI=1S/C32H26N10O6S2/c43-49(44,45)29-22(17-16-21-10-4-1-5-11-21)18-25(37-31-26(19-33-41-39-31)35-23-12-6-2-7-13-23)28(30(29)50(46,47)48)38-32-27(20-34-42-40-32)36-24-14-8-3-9-15-24/h1-20H,(H,35,41)(H,36,42)(H,33,37,39)(H,34,38,40)(H,43,44,45)(H,46,47,48). The van der Waals surface area contributed by atoms with Crippen molar-refractivity contribution in [3.8, 4) is 0 Å². The van der Waals surface area contributed by atoms with Gasteiger partial charge in [-0.1, -0.05) is 78.9 Å². The van der Waals surface area contributed by atoms with Gasteiger partial charge in [0.25, 0.3) is 20.2 Å². The molecule has 252 valence electrons. The van der Waals surface area contributed by atoms with Crippen molar-refractivity contribution in [2.24, 2.45) is 0 Å². The molecule has 0 spiro atoms. The van der Waals surface area contributed by atoms with Gasteiger partial charge in [0.1, 0.15) is 21.2 Å². The Hall–Kier alpha value is -6.34. The lowest BCUT2D eigenvalue weighted by Crippen LogP contribution is -2.16. The van der Waals surface area contributed by atoms with Crippen LogP contribution in [0.15, 0.2) is 119 Å². The van der Waals surface area contributed by atoms with Crippen LogP contribution in [0.3, 0.4) is 0 Å². The quantitative estimate of drug-likeness (QED) is 0.0660. The lowest BCUT2D eigenvalue weighted by atomic mass is 10.1. The molecular formula is C32H26N10O6S2. The number of para-hydroxylation sites is 2. The Kier molecular flexibility index (Phi) is 9.68. The average molecular weight is 711 g/mol. The van der Waals surface area contributed by atoms with Gasteiger partial charge in [0, 0.05) is 11.4 Å². The fourth-order valence-electron chi connectivity index (χ4n) is 4.77. The van der Waals surface area contributed by atoms with Gasteiger partial charge in [-0.2, -0.15) is 16.8 Å². The summed E-state index contributed by atoms with van der Waals surface area (Å²) in [6.45, 7) is 0. The highest BCUT2D eigenvalue weighted by atomic mass is 32.2. The maximum atomic E-state index is 13.2. The fraction of sp³-hybridized carbons (Fsp3) is 0. The molecule has 0 amide bonds. The molecule has 16 nitrogen and oxygen atoms in total. The summed E-state index contributed by atoms with van der Waals surface area (Å²) >= 11 is 0. The van der Waals surface area contributed by atoms with Crippen LogP contribution in [-0.4, -0.2) is 56.8 Å². The minimum Gasteiger partial charge on any atom is -0.351 e. The lowest BCUT2D eigenvalue weighted by Gasteiger charge is -2.21. The van der Waals surface area contributed by atoms with Crippen LogP contribution in [0, 0.1) is 0 Å². The number of nitrogens with one attached hydrogen (secondary N) is 4. The maximum absolute atomic E-state index is 13.2. The van der Waals surface area contributed by atoms with E-state index in [1.807, 2.05) is 6.07 Å². The fourth-order valence-corrected chi connectivity index (χ4v) is 6.94. The minimum atomic E-state index is -5.44. The highest BCUT2D eigenvalue weighted by Gasteiger charge is 2.33. The molecule has 0 fully saturated rings. The number of rotatable bonds is 12. The SMILES string of the molecule is O=S(=O)(O)c1c(C=Cc2ccccc2)cc(Nc2nnncc2Nc2ccccc2)c(Nc2nnncc2Nc2ccccc2)c1S(=O)(=O)O. The van der Waals surface area contributed by atoms with Crippen molar-refractivity contribution >= 4 is 78.1 Å². The predicted octanol–water partition coefficient (Wildman–Crippen LogP) is 5.69. The molecule has 6 rings (SSSR count). The van der Waals surface area contributed by atoms with Crippen molar-refractivity contribution in [3.05, 3.63) is 121 Å². The third kappa shape index (κ3) is 8.02. The average Bonchev–Trinajstić information content (AvgIpc) is 3.10. The van der Waals surface area contributed by atoms with E-state index in [1.54, 1.807) is 84.9 Å². The lowest BCUT2D eigenvalue weighted by molar-refractivity contribution is 0.467. The number of nitrogens with zero attached hydrogens (tertiary/aromatic N) is 6. The normalized spacial score (nSPS) is 11.6. The summed E-state index contributed by atoms with van der Waals surface area (Å²) in [5, 5.41) is 35.0. The van der Waals surface area contributed by atoms with Gasteiger partial charge in [-0.3, -0.25) is 9.11 Å². The molecule has 4 aromatic carbocycles. The number of hydrogen-bond acceptors (Lipinski definition) is 14. The summed E-state index contributed by atoms with van der Waals surface area (Å²) in [6.07, 6.45) is 5.43. The van der Waals surface area contributed by atoms with Gasteiger partial charge in [0.05, 0.1) is 23.8 Å². The van der Waals surface area contributed by atoms with Crippen LogP contribution in [0.4, 0.5) is 45.8 Å². The first-order valence-corrected chi connectivity index (χ1v) is 17.4. The zero-order valence-corrected chi connectivity index (χ0v) is 27.2. The summed E-state index contributed by atoms with van der Waals surface area (Å²) in [5.41, 5.74) is 1.37. The van der Waals surface area contributed by atoms with E-state index in [2.05, 4.69) is 52.1 Å². The molecule has 0 saturated carbocycles. The first-order valence-electron chi connectivity index (χ1n) is 14.5. The van der Waals surface area contributed by atoms with Crippen molar-refractivity contribution < 1.29 is 25.9 Å². The molecule has 6 N–H and O–H groups in total. The molecule has 6 aromatic rings. The maximum Gasteiger partial charge on any atom is 0.298 e. The summed E-state index contributed by atoms with van der Waals surface area (Å²) in [4.78, 5) is -2.30. The molecule has 0 aliphatic heterocycles. The van der Waals surface area contributed by atoms with Gasteiger partial charge in [-0.05, 0) is 51.9 Å². The smallest absolute Gasteiger partial charge is 0.298 e. The second-order valence-corrected chi connectivity index (χ2v) is 13.1. The Labute approximate surface area is 285 Å². The molecule has 50 heavy (non-hydrogen) atoms. The van der Waals surface area contributed by atoms with Crippen LogP contribution in [0.1, 0.15) is 11.1 Å². The molecule has 0 aliphatic rings. The molecule has 0 radical (unpaired) electrons. The van der Waals surface area contributed by atoms with Gasteiger partial charge < -0.3 is 21.3 Å². The van der Waals surface area contributed by atoms with E-state index >= 15 is 0 Å². The number of hydrogen-bond donors (Lipinski definition) is 6. The van der Waals surface area contributed by atoms with Crippen molar-refractivity contribution in [2.75, 3.05) is 21.3 Å². The van der Waals surface area contributed by atoms with Crippen LogP contribution < -0.4 is 21.3 Å². The van der Waals surface area contributed by atoms with Crippen molar-refractivity contribution in [1.82, 2.24) is 30.8 Å². The van der Waals surface area contributed by atoms with Gasteiger partial charge in [0.2, 0.25) is 0 Å². The van der Waals surface area contributed by atoms with Crippen molar-refractivity contribution in [3.63, 3.8) is 0 Å². The van der Waals surface area contributed by atoms with Gasteiger partial charge >= 0.3 is 0 Å². The molecule has 2 aromatic heterocycles. The third-order valence-electron chi connectivity index (χ3n) is 6.91. The number of anilines is 8. The topological polar surface area (TPSA) is 234 Å². The first-order chi connectivity index (χ1) is 24.1. The van der Waals surface area contributed by atoms with E-state index in [0.29, 0.717) is 22.6 Å². The van der Waals surface area contributed by atoms with E-state index in [9.17, 15) is 25.9 Å².